The third kappa shape index (κ3) is 1.65. The third-order valence-corrected chi connectivity index (χ3v) is 1.99. The highest BCUT2D eigenvalue weighted by molar-refractivity contribution is 5.12. The fourth-order valence-corrected chi connectivity index (χ4v) is 1.40. The second-order valence-corrected chi connectivity index (χ2v) is 2.86. The van der Waals surface area contributed by atoms with Crippen LogP contribution in [-0.4, -0.2) is 10.7 Å². The van der Waals surface area contributed by atoms with E-state index in [0.717, 1.165) is 25.7 Å². The predicted molar refractivity (Wildman–Crippen MR) is 40.0 cm³/mol. The molecule has 0 aromatic heterocycles. The van der Waals surface area contributed by atoms with Crippen LogP contribution in [-0.2, 0) is 0 Å². The molecule has 0 spiro atoms. The van der Waals surface area contributed by atoms with Crippen molar-refractivity contribution >= 4 is 0 Å². The number of rotatable bonds is 0. The third-order valence-electron chi connectivity index (χ3n) is 1.99. The van der Waals surface area contributed by atoms with E-state index in [2.05, 4.69) is 12.0 Å². The Bertz CT molecular complexity index is 160. The highest BCUT2D eigenvalue weighted by Gasteiger charge is 2.26. The van der Waals surface area contributed by atoms with Gasteiger partial charge in [-0.15, -0.1) is 0 Å². The smallest absolute Gasteiger partial charge is 0.127 e. The first-order chi connectivity index (χ1) is 4.77. The van der Waals surface area contributed by atoms with Crippen LogP contribution in [0.5, 0.6) is 0 Å². The van der Waals surface area contributed by atoms with Gasteiger partial charge in [0.1, 0.15) is 5.60 Å². The fraction of sp³-hybridized carbons (Fsp3) is 0.750. The SMILES string of the molecule is NC#CC1(O)CCCCC1. The van der Waals surface area contributed by atoms with Gasteiger partial charge in [0.2, 0.25) is 0 Å². The Morgan fingerprint density at radius 1 is 1.20 bits per heavy atom. The van der Waals surface area contributed by atoms with Gasteiger partial charge in [0.25, 0.3) is 0 Å². The molecule has 0 saturated heterocycles. The van der Waals surface area contributed by atoms with E-state index in [4.69, 9.17) is 5.73 Å². The van der Waals surface area contributed by atoms with Crippen LogP contribution in [0.2, 0.25) is 0 Å². The molecule has 2 nitrogen and oxygen atoms in total. The summed E-state index contributed by atoms with van der Waals surface area (Å²) in [4.78, 5) is 0. The van der Waals surface area contributed by atoms with E-state index < -0.39 is 5.60 Å². The maximum atomic E-state index is 9.62. The van der Waals surface area contributed by atoms with Crippen molar-refractivity contribution in [3.05, 3.63) is 0 Å². The molecule has 1 aliphatic carbocycles. The Labute approximate surface area is 61.4 Å². The monoisotopic (exact) mass is 139 g/mol. The van der Waals surface area contributed by atoms with Crippen LogP contribution in [0, 0.1) is 12.0 Å². The summed E-state index contributed by atoms with van der Waals surface area (Å²) in [6.45, 7) is 0. The standard InChI is InChI=1S/C8H13NO/c9-7-6-8(10)4-2-1-3-5-8/h10H,1-5,9H2. The van der Waals surface area contributed by atoms with Crippen molar-refractivity contribution in [1.29, 1.82) is 0 Å². The maximum Gasteiger partial charge on any atom is 0.127 e. The van der Waals surface area contributed by atoms with E-state index in [1.807, 2.05) is 0 Å². The zero-order chi connectivity index (χ0) is 7.45. The highest BCUT2D eigenvalue weighted by Crippen LogP contribution is 2.26. The van der Waals surface area contributed by atoms with Gasteiger partial charge in [-0.1, -0.05) is 6.42 Å². The van der Waals surface area contributed by atoms with Crippen LogP contribution in [0.1, 0.15) is 32.1 Å². The van der Waals surface area contributed by atoms with E-state index in [1.54, 1.807) is 0 Å². The van der Waals surface area contributed by atoms with E-state index in [1.165, 1.54) is 6.42 Å². The lowest BCUT2D eigenvalue weighted by Gasteiger charge is -2.26. The molecule has 0 bridgehead atoms. The van der Waals surface area contributed by atoms with Crippen molar-refractivity contribution in [2.75, 3.05) is 0 Å². The zero-order valence-electron chi connectivity index (χ0n) is 6.06. The van der Waals surface area contributed by atoms with E-state index >= 15 is 0 Å². The molecule has 0 aliphatic heterocycles. The summed E-state index contributed by atoms with van der Waals surface area (Å²) >= 11 is 0. The number of hydrogen-bond donors (Lipinski definition) is 2. The molecular weight excluding hydrogens is 126 g/mol. The summed E-state index contributed by atoms with van der Waals surface area (Å²) < 4.78 is 0. The van der Waals surface area contributed by atoms with Crippen molar-refractivity contribution in [3.8, 4) is 12.0 Å². The molecule has 0 amide bonds. The van der Waals surface area contributed by atoms with Gasteiger partial charge in [0.05, 0.1) is 0 Å². The van der Waals surface area contributed by atoms with Crippen LogP contribution in [0.4, 0.5) is 0 Å². The fourth-order valence-electron chi connectivity index (χ4n) is 1.40. The zero-order valence-corrected chi connectivity index (χ0v) is 6.06. The molecule has 2 heteroatoms. The normalized spacial score (nSPS) is 22.9. The van der Waals surface area contributed by atoms with Crippen molar-refractivity contribution in [2.45, 2.75) is 37.7 Å². The molecule has 0 unspecified atom stereocenters. The molecular formula is C8H13NO. The Balaban J connectivity index is 2.53. The second-order valence-electron chi connectivity index (χ2n) is 2.86. The highest BCUT2D eigenvalue weighted by atomic mass is 16.3. The topological polar surface area (TPSA) is 46.2 Å². The van der Waals surface area contributed by atoms with Gasteiger partial charge in [-0.05, 0) is 31.6 Å². The summed E-state index contributed by atoms with van der Waals surface area (Å²) in [5.74, 6) is 2.64. The lowest BCUT2D eigenvalue weighted by Crippen LogP contribution is -2.29. The van der Waals surface area contributed by atoms with Gasteiger partial charge in [0, 0.05) is 6.04 Å². The molecule has 1 saturated carbocycles. The van der Waals surface area contributed by atoms with Crippen LogP contribution < -0.4 is 5.73 Å². The molecule has 1 rings (SSSR count). The van der Waals surface area contributed by atoms with Crippen molar-refractivity contribution < 1.29 is 5.11 Å². The average Bonchev–Trinajstić information content (AvgIpc) is 1.89. The molecule has 56 valence electrons. The lowest BCUT2D eigenvalue weighted by molar-refractivity contribution is 0.0609. The molecule has 1 fully saturated rings. The minimum atomic E-state index is -0.757. The first kappa shape index (κ1) is 7.43. The molecule has 0 aromatic rings. The summed E-state index contributed by atoms with van der Waals surface area (Å²) in [5, 5.41) is 9.62. The van der Waals surface area contributed by atoms with E-state index in [-0.39, 0.29) is 0 Å². The number of nitrogens with two attached hydrogens (primary N) is 1. The van der Waals surface area contributed by atoms with Crippen LogP contribution in [0.25, 0.3) is 0 Å². The minimum absolute atomic E-state index is 0.757. The number of aliphatic hydroxyl groups is 1. The summed E-state index contributed by atoms with van der Waals surface area (Å²) in [6.07, 6.45) is 4.94. The van der Waals surface area contributed by atoms with Crippen LogP contribution in [0.15, 0.2) is 0 Å². The first-order valence-corrected chi connectivity index (χ1v) is 3.72. The quantitative estimate of drug-likeness (QED) is 0.381. The van der Waals surface area contributed by atoms with Gasteiger partial charge in [-0.3, -0.25) is 0 Å². The predicted octanol–water partition coefficient (Wildman–Crippen LogP) is 0.601. The second kappa shape index (κ2) is 2.94. The summed E-state index contributed by atoms with van der Waals surface area (Å²) in [5.41, 5.74) is 4.27. The molecule has 1 aliphatic rings. The molecule has 0 heterocycles. The molecule has 0 radical (unpaired) electrons. The largest absolute Gasteiger partial charge is 0.378 e. The first-order valence-electron chi connectivity index (χ1n) is 3.72. The van der Waals surface area contributed by atoms with Crippen molar-refractivity contribution in [3.63, 3.8) is 0 Å². The van der Waals surface area contributed by atoms with E-state index in [9.17, 15) is 5.11 Å². The van der Waals surface area contributed by atoms with Crippen molar-refractivity contribution in [2.24, 2.45) is 5.73 Å². The van der Waals surface area contributed by atoms with Crippen LogP contribution in [0.3, 0.4) is 0 Å². The molecule has 10 heavy (non-hydrogen) atoms. The Morgan fingerprint density at radius 3 is 2.30 bits per heavy atom. The molecule has 0 atom stereocenters. The molecule has 0 aromatic carbocycles. The number of hydrogen-bond acceptors (Lipinski definition) is 2. The lowest BCUT2D eigenvalue weighted by atomic mass is 9.86. The van der Waals surface area contributed by atoms with Gasteiger partial charge in [0.15, 0.2) is 0 Å². The van der Waals surface area contributed by atoms with Gasteiger partial charge in [-0.2, -0.15) is 0 Å². The summed E-state index contributed by atoms with van der Waals surface area (Å²) in [7, 11) is 0. The van der Waals surface area contributed by atoms with Gasteiger partial charge >= 0.3 is 0 Å². The van der Waals surface area contributed by atoms with Gasteiger partial charge < -0.3 is 10.8 Å². The van der Waals surface area contributed by atoms with Gasteiger partial charge in [-0.25, -0.2) is 0 Å². The Morgan fingerprint density at radius 2 is 1.80 bits per heavy atom. The maximum absolute atomic E-state index is 9.62. The van der Waals surface area contributed by atoms with Crippen LogP contribution >= 0.6 is 0 Å². The minimum Gasteiger partial charge on any atom is -0.378 e. The summed E-state index contributed by atoms with van der Waals surface area (Å²) in [6, 6.07) is 2.28. The van der Waals surface area contributed by atoms with E-state index in [0.29, 0.717) is 0 Å². The Kier molecular flexibility index (Phi) is 2.18. The van der Waals surface area contributed by atoms with Crippen molar-refractivity contribution in [1.82, 2.24) is 0 Å². The Hall–Kier alpha value is -0.680. The molecule has 3 N–H and O–H groups in total. The average molecular weight is 139 g/mol.